The minimum atomic E-state index is -0.349. The van der Waals surface area contributed by atoms with Crippen molar-refractivity contribution in [2.75, 3.05) is 0 Å². The Balaban J connectivity index is 2.39. The maximum absolute atomic E-state index is 12.0. The molecule has 1 aliphatic carbocycles. The first-order valence-corrected chi connectivity index (χ1v) is 6.16. The van der Waals surface area contributed by atoms with Crippen molar-refractivity contribution in [2.24, 2.45) is 4.99 Å². The van der Waals surface area contributed by atoms with Crippen molar-refractivity contribution in [3.8, 4) is 0 Å². The van der Waals surface area contributed by atoms with Crippen molar-refractivity contribution in [2.45, 2.75) is 13.8 Å². The average Bonchev–Trinajstić information content (AvgIpc) is 2.43. The van der Waals surface area contributed by atoms with Crippen molar-refractivity contribution < 1.29 is 9.59 Å². The predicted molar refractivity (Wildman–Crippen MR) is 75.5 cm³/mol. The lowest BCUT2D eigenvalue weighted by Gasteiger charge is -2.12. The molecule has 0 N–H and O–H groups in total. The summed E-state index contributed by atoms with van der Waals surface area (Å²) in [6.07, 6.45) is 1.59. The molecule has 3 nitrogen and oxygen atoms in total. The molecule has 0 atom stereocenters. The number of allylic oxidation sites excluding steroid dienone is 4. The van der Waals surface area contributed by atoms with Crippen LogP contribution in [-0.2, 0) is 4.79 Å². The zero-order valence-corrected chi connectivity index (χ0v) is 11.4. The number of nitrogens with zero attached hydrogens (tertiary/aromatic N) is 1. The highest BCUT2D eigenvalue weighted by Crippen LogP contribution is 2.22. The van der Waals surface area contributed by atoms with Crippen LogP contribution in [0.4, 0.5) is 0 Å². The predicted octanol–water partition coefficient (Wildman–Crippen LogP) is 3.31. The number of hydrogen-bond acceptors (Lipinski definition) is 2. The number of Topliss-reactive ketones (excluding diaryl/α,β-unsaturated/α-hetero) is 1. The highest BCUT2D eigenvalue weighted by molar-refractivity contribution is 6.49. The molecule has 0 radical (unpaired) electrons. The molecule has 0 spiro atoms. The Morgan fingerprint density at radius 3 is 2.42 bits per heavy atom. The highest BCUT2D eigenvalue weighted by Gasteiger charge is 2.21. The quantitative estimate of drug-likeness (QED) is 0.737. The Hall–Kier alpha value is -2.00. The molecule has 0 saturated carbocycles. The summed E-state index contributed by atoms with van der Waals surface area (Å²) < 4.78 is 0. The van der Waals surface area contributed by atoms with E-state index < -0.39 is 0 Å². The molecule has 96 valence electrons. The number of carbonyl (C=O) groups is 2. The van der Waals surface area contributed by atoms with E-state index in [0.29, 0.717) is 22.4 Å². The third-order valence-corrected chi connectivity index (χ3v) is 3.32. The third-order valence-electron chi connectivity index (χ3n) is 2.87. The molecule has 1 aromatic carbocycles. The van der Waals surface area contributed by atoms with Gasteiger partial charge in [-0.05, 0) is 37.6 Å². The molecule has 4 heteroatoms. The van der Waals surface area contributed by atoms with Gasteiger partial charge in [0.05, 0.1) is 10.7 Å². The van der Waals surface area contributed by atoms with Gasteiger partial charge in [0.15, 0.2) is 5.78 Å². The fraction of sp³-hybridized carbons (Fsp3) is 0.133. The molecule has 0 bridgehead atoms. The van der Waals surface area contributed by atoms with E-state index in [1.807, 2.05) is 6.07 Å². The van der Waals surface area contributed by atoms with Gasteiger partial charge in [0, 0.05) is 11.1 Å². The minimum Gasteiger partial charge on any atom is -0.288 e. The van der Waals surface area contributed by atoms with E-state index in [9.17, 15) is 9.59 Å². The number of amides is 1. The number of benzene rings is 1. The van der Waals surface area contributed by atoms with Crippen LogP contribution in [0.1, 0.15) is 24.2 Å². The molecule has 1 aromatic rings. The average molecular weight is 274 g/mol. The fourth-order valence-corrected chi connectivity index (χ4v) is 1.95. The molecule has 0 unspecified atom stereocenters. The maximum atomic E-state index is 12.0. The summed E-state index contributed by atoms with van der Waals surface area (Å²) in [4.78, 5) is 27.7. The molecule has 0 aliphatic heterocycles. The number of aliphatic imine (C=N–C) groups is 1. The summed E-state index contributed by atoms with van der Waals surface area (Å²) in [7, 11) is 0. The SMILES string of the molecule is CC1=CC(=NC(=O)c2ccccc2)C(C)=C(Cl)C1=O. The van der Waals surface area contributed by atoms with Gasteiger partial charge in [-0.1, -0.05) is 29.8 Å². The molecular weight excluding hydrogens is 262 g/mol. The van der Waals surface area contributed by atoms with Crippen LogP contribution in [0.25, 0.3) is 0 Å². The van der Waals surface area contributed by atoms with Gasteiger partial charge in [0.2, 0.25) is 0 Å². The van der Waals surface area contributed by atoms with Crippen LogP contribution < -0.4 is 0 Å². The zero-order chi connectivity index (χ0) is 14.0. The summed E-state index contributed by atoms with van der Waals surface area (Å²) in [5, 5.41) is 0.125. The van der Waals surface area contributed by atoms with E-state index in [1.165, 1.54) is 0 Å². The summed E-state index contributed by atoms with van der Waals surface area (Å²) in [5.74, 6) is -0.567. The topological polar surface area (TPSA) is 46.5 Å². The van der Waals surface area contributed by atoms with Gasteiger partial charge in [0.1, 0.15) is 0 Å². The molecule has 0 saturated heterocycles. The van der Waals surface area contributed by atoms with Gasteiger partial charge in [-0.25, -0.2) is 4.99 Å². The third kappa shape index (κ3) is 2.71. The van der Waals surface area contributed by atoms with Gasteiger partial charge in [-0.2, -0.15) is 0 Å². The van der Waals surface area contributed by atoms with Crippen molar-refractivity contribution in [1.82, 2.24) is 0 Å². The molecule has 0 aromatic heterocycles. The second-order valence-electron chi connectivity index (χ2n) is 4.26. The molecule has 19 heavy (non-hydrogen) atoms. The second-order valence-corrected chi connectivity index (χ2v) is 4.64. The lowest BCUT2D eigenvalue weighted by Crippen LogP contribution is -2.15. The molecular formula is C15H12ClNO2. The minimum absolute atomic E-state index is 0.125. The van der Waals surface area contributed by atoms with Gasteiger partial charge >= 0.3 is 0 Å². The van der Waals surface area contributed by atoms with E-state index in [4.69, 9.17) is 11.6 Å². The van der Waals surface area contributed by atoms with E-state index in [2.05, 4.69) is 4.99 Å². The summed E-state index contributed by atoms with van der Waals surface area (Å²) in [6.45, 7) is 3.33. The first kappa shape index (κ1) is 13.4. The Bertz CT molecular complexity index is 639. The summed E-state index contributed by atoms with van der Waals surface area (Å²) in [6, 6.07) is 8.76. The number of ketones is 1. The Labute approximate surface area is 116 Å². The normalized spacial score (nSPS) is 17.7. The number of halogens is 1. The monoisotopic (exact) mass is 273 g/mol. The first-order chi connectivity index (χ1) is 9.00. The Kier molecular flexibility index (Phi) is 3.76. The maximum Gasteiger partial charge on any atom is 0.277 e. The number of rotatable bonds is 1. The molecule has 1 amide bonds. The second kappa shape index (κ2) is 5.33. The lowest BCUT2D eigenvalue weighted by molar-refractivity contribution is -0.111. The van der Waals surface area contributed by atoms with Crippen LogP contribution in [0.15, 0.2) is 57.6 Å². The Morgan fingerprint density at radius 2 is 1.79 bits per heavy atom. The summed E-state index contributed by atoms with van der Waals surface area (Å²) in [5.41, 5.74) is 1.95. The first-order valence-electron chi connectivity index (χ1n) is 5.78. The van der Waals surface area contributed by atoms with Crippen LogP contribution in [0.5, 0.6) is 0 Å². The van der Waals surface area contributed by atoms with Gasteiger partial charge < -0.3 is 0 Å². The molecule has 1 aliphatic rings. The van der Waals surface area contributed by atoms with Crippen LogP contribution in [0.3, 0.4) is 0 Å². The number of carbonyl (C=O) groups excluding carboxylic acids is 2. The van der Waals surface area contributed by atoms with Crippen molar-refractivity contribution >= 4 is 29.0 Å². The van der Waals surface area contributed by atoms with Crippen LogP contribution in [0, 0.1) is 0 Å². The molecule has 0 fully saturated rings. The Morgan fingerprint density at radius 1 is 1.16 bits per heavy atom. The van der Waals surface area contributed by atoms with E-state index >= 15 is 0 Å². The largest absolute Gasteiger partial charge is 0.288 e. The van der Waals surface area contributed by atoms with E-state index in [1.54, 1.807) is 44.2 Å². The van der Waals surface area contributed by atoms with Gasteiger partial charge in [-0.15, -0.1) is 0 Å². The van der Waals surface area contributed by atoms with Crippen molar-refractivity contribution in [3.63, 3.8) is 0 Å². The fourth-order valence-electron chi connectivity index (χ4n) is 1.71. The van der Waals surface area contributed by atoms with E-state index in [0.717, 1.165) is 0 Å². The van der Waals surface area contributed by atoms with Crippen LogP contribution >= 0.6 is 11.6 Å². The van der Waals surface area contributed by atoms with Gasteiger partial charge in [0.25, 0.3) is 5.91 Å². The smallest absolute Gasteiger partial charge is 0.277 e. The molecule has 2 rings (SSSR count). The number of hydrogen-bond donors (Lipinski definition) is 0. The van der Waals surface area contributed by atoms with Crippen LogP contribution in [0.2, 0.25) is 0 Å². The lowest BCUT2D eigenvalue weighted by atomic mass is 9.98. The summed E-state index contributed by atoms with van der Waals surface area (Å²) >= 11 is 5.93. The van der Waals surface area contributed by atoms with Crippen molar-refractivity contribution in [1.29, 1.82) is 0 Å². The van der Waals surface area contributed by atoms with E-state index in [-0.39, 0.29) is 16.7 Å². The molecule has 0 heterocycles. The van der Waals surface area contributed by atoms with Crippen LogP contribution in [-0.4, -0.2) is 17.4 Å². The zero-order valence-electron chi connectivity index (χ0n) is 10.6. The highest BCUT2D eigenvalue weighted by atomic mass is 35.5. The standard InChI is InChI=1S/C15H12ClNO2/c1-9-8-12(10(2)13(16)14(9)18)17-15(19)11-6-4-3-5-7-11/h3-8H,1-2H3. The van der Waals surface area contributed by atoms with Gasteiger partial charge in [-0.3, -0.25) is 9.59 Å². The van der Waals surface area contributed by atoms with Crippen molar-refractivity contribution in [3.05, 3.63) is 58.1 Å².